The summed E-state index contributed by atoms with van der Waals surface area (Å²) in [6.07, 6.45) is -5.19. The van der Waals surface area contributed by atoms with Gasteiger partial charge in [-0.3, -0.25) is 10.3 Å². The first-order valence-corrected chi connectivity index (χ1v) is 9.11. The summed E-state index contributed by atoms with van der Waals surface area (Å²) in [5.74, 6) is 0. The Bertz CT molecular complexity index is 978. The summed E-state index contributed by atoms with van der Waals surface area (Å²) in [4.78, 5) is 15.6. The molecule has 3 rings (SSSR count). The van der Waals surface area contributed by atoms with Crippen molar-refractivity contribution in [3.63, 3.8) is 0 Å². The zero-order chi connectivity index (χ0) is 21.4. The molecule has 1 heterocycles. The first-order chi connectivity index (χ1) is 13.5. The predicted molar refractivity (Wildman–Crippen MR) is 103 cm³/mol. The monoisotopic (exact) mass is 466 g/mol. The maximum atomic E-state index is 14.0. The third-order valence-corrected chi connectivity index (χ3v) is 4.96. The fourth-order valence-electron chi connectivity index (χ4n) is 2.78. The van der Waals surface area contributed by atoms with Gasteiger partial charge in [-0.1, -0.05) is 46.9 Å². The van der Waals surface area contributed by atoms with Gasteiger partial charge in [-0.05, 0) is 35.9 Å². The Morgan fingerprint density at radius 1 is 1.14 bits per heavy atom. The highest BCUT2D eigenvalue weighted by molar-refractivity contribution is 6.34. The number of amides is 1. The number of nitrogens with one attached hydrogen (secondary N) is 2. The van der Waals surface area contributed by atoms with Gasteiger partial charge in [0.1, 0.15) is 0 Å². The van der Waals surface area contributed by atoms with Gasteiger partial charge in [0.15, 0.2) is 0 Å². The highest BCUT2D eigenvalue weighted by Gasteiger charge is 2.59. The Morgan fingerprint density at radius 2 is 1.79 bits per heavy atom. The normalized spacial score (nSPS) is 18.9. The van der Waals surface area contributed by atoms with Gasteiger partial charge in [-0.15, -0.1) is 0 Å². The minimum atomic E-state index is -4.83. The molecule has 0 fully saturated rings. The summed E-state index contributed by atoms with van der Waals surface area (Å²) >= 11 is 17.9. The summed E-state index contributed by atoms with van der Waals surface area (Å²) in [5, 5.41) is 11.0. The highest BCUT2D eigenvalue weighted by Crippen LogP contribution is 2.48. The molecule has 11 heteroatoms. The van der Waals surface area contributed by atoms with E-state index in [1.165, 1.54) is 24.3 Å². The maximum absolute atomic E-state index is 14.0. The van der Waals surface area contributed by atoms with Crippen molar-refractivity contribution >= 4 is 46.6 Å². The zero-order valence-corrected chi connectivity index (χ0v) is 16.5. The largest absolute Gasteiger partial charge is 0.465 e. The summed E-state index contributed by atoms with van der Waals surface area (Å²) in [6, 6.07) is 7.95. The number of hydroxylamine groups is 1. The van der Waals surface area contributed by atoms with E-state index in [1.54, 1.807) is 0 Å². The third kappa shape index (κ3) is 4.40. The van der Waals surface area contributed by atoms with E-state index in [0.29, 0.717) is 11.1 Å². The average molecular weight is 468 g/mol. The molecule has 1 atom stereocenters. The van der Waals surface area contributed by atoms with E-state index in [9.17, 15) is 18.0 Å². The van der Waals surface area contributed by atoms with Crippen LogP contribution in [0.5, 0.6) is 0 Å². The van der Waals surface area contributed by atoms with E-state index in [4.69, 9.17) is 44.7 Å². The van der Waals surface area contributed by atoms with Gasteiger partial charge in [0.2, 0.25) is 5.60 Å². The van der Waals surface area contributed by atoms with Crippen molar-refractivity contribution in [3.8, 4) is 0 Å². The smallest absolute Gasteiger partial charge is 0.428 e. The number of carboxylic acid groups (broad SMARTS) is 1. The van der Waals surface area contributed by atoms with E-state index in [2.05, 4.69) is 10.8 Å². The van der Waals surface area contributed by atoms with Gasteiger partial charge in [-0.25, -0.2) is 4.79 Å². The van der Waals surface area contributed by atoms with Gasteiger partial charge < -0.3 is 10.4 Å². The Morgan fingerprint density at radius 3 is 2.34 bits per heavy atom. The number of halogens is 6. The number of rotatable bonds is 4. The van der Waals surface area contributed by atoms with Crippen LogP contribution in [0.2, 0.25) is 15.1 Å². The van der Waals surface area contributed by atoms with Gasteiger partial charge in [0.25, 0.3) is 0 Å². The Balaban J connectivity index is 2.01. The maximum Gasteiger partial charge on any atom is 0.428 e. The zero-order valence-electron chi connectivity index (χ0n) is 14.3. The van der Waals surface area contributed by atoms with E-state index >= 15 is 0 Å². The van der Waals surface area contributed by atoms with Crippen LogP contribution in [0.1, 0.15) is 16.7 Å². The van der Waals surface area contributed by atoms with Crippen molar-refractivity contribution < 1.29 is 27.9 Å². The Labute approximate surface area is 178 Å². The molecule has 2 aromatic rings. The number of carbonyl (C=O) groups is 1. The molecule has 0 bridgehead atoms. The van der Waals surface area contributed by atoms with Crippen LogP contribution < -0.4 is 10.8 Å². The summed E-state index contributed by atoms with van der Waals surface area (Å²) in [7, 11) is 0. The van der Waals surface area contributed by atoms with Crippen molar-refractivity contribution in [3.05, 3.63) is 74.2 Å². The van der Waals surface area contributed by atoms with Crippen molar-refractivity contribution in [2.45, 2.75) is 18.3 Å². The SMILES string of the molecule is O=C(O)NCc1ccc(C2=CC(c3cc(Cl)cc(Cl)c3)(C(F)(F)F)ON2)cc1Cl. The standard InChI is InChI=1S/C18H12Cl3F3N2O3/c19-12-4-11(5-13(20)6-12)17(18(22,23)24)7-15(26-29-17)9-1-2-10(14(21)3-9)8-25-16(27)28/h1-7,25-26H,8H2,(H,27,28). The van der Waals surface area contributed by atoms with Crippen molar-refractivity contribution in [1.29, 1.82) is 0 Å². The van der Waals surface area contributed by atoms with Gasteiger partial charge >= 0.3 is 12.3 Å². The Hall–Kier alpha value is -2.13. The fraction of sp³-hybridized carbons (Fsp3) is 0.167. The van der Waals surface area contributed by atoms with Crippen molar-refractivity contribution in [1.82, 2.24) is 10.8 Å². The van der Waals surface area contributed by atoms with Gasteiger partial charge in [0.05, 0.1) is 5.70 Å². The molecule has 5 nitrogen and oxygen atoms in total. The molecule has 3 N–H and O–H groups in total. The fourth-order valence-corrected chi connectivity index (χ4v) is 3.56. The molecule has 0 spiro atoms. The molecular weight excluding hydrogens is 456 g/mol. The number of hydrogen-bond donors (Lipinski definition) is 3. The molecule has 0 radical (unpaired) electrons. The Kier molecular flexibility index (Phi) is 5.91. The molecule has 2 aromatic carbocycles. The first kappa shape index (κ1) is 21.6. The van der Waals surface area contributed by atoms with Crippen LogP contribution in [0.4, 0.5) is 18.0 Å². The second-order valence-electron chi connectivity index (χ2n) is 6.12. The molecule has 0 saturated heterocycles. The van der Waals surface area contributed by atoms with Crippen LogP contribution in [0.3, 0.4) is 0 Å². The van der Waals surface area contributed by atoms with Crippen LogP contribution in [-0.2, 0) is 17.0 Å². The molecular formula is C18H12Cl3F3N2O3. The third-order valence-electron chi connectivity index (χ3n) is 4.18. The molecule has 154 valence electrons. The molecule has 0 aliphatic carbocycles. The molecule has 1 aliphatic heterocycles. The van der Waals surface area contributed by atoms with E-state index in [0.717, 1.165) is 18.2 Å². The molecule has 0 aromatic heterocycles. The van der Waals surface area contributed by atoms with E-state index in [-0.39, 0.29) is 32.9 Å². The summed E-state index contributed by atoms with van der Waals surface area (Å²) in [5.41, 5.74) is -0.0160. The van der Waals surface area contributed by atoms with Crippen LogP contribution in [0.25, 0.3) is 5.70 Å². The minimum Gasteiger partial charge on any atom is -0.465 e. The van der Waals surface area contributed by atoms with E-state index < -0.39 is 17.9 Å². The van der Waals surface area contributed by atoms with Crippen LogP contribution in [0, 0.1) is 0 Å². The lowest BCUT2D eigenvalue weighted by Gasteiger charge is -2.28. The lowest BCUT2D eigenvalue weighted by atomic mass is 9.91. The summed E-state index contributed by atoms with van der Waals surface area (Å²) in [6.45, 7) is -0.0507. The molecule has 1 unspecified atom stereocenters. The molecule has 1 amide bonds. The number of benzene rings is 2. The van der Waals surface area contributed by atoms with Crippen LogP contribution >= 0.6 is 34.8 Å². The molecule has 1 aliphatic rings. The van der Waals surface area contributed by atoms with Gasteiger partial charge in [-0.2, -0.15) is 13.2 Å². The molecule has 29 heavy (non-hydrogen) atoms. The lowest BCUT2D eigenvalue weighted by molar-refractivity contribution is -0.269. The minimum absolute atomic E-state index is 0.0260. The quantitative estimate of drug-likeness (QED) is 0.536. The van der Waals surface area contributed by atoms with E-state index in [1.807, 2.05) is 0 Å². The molecule has 0 saturated carbocycles. The average Bonchev–Trinajstić information content (AvgIpc) is 3.06. The second kappa shape index (κ2) is 7.95. The van der Waals surface area contributed by atoms with Gasteiger partial charge in [0, 0.05) is 32.7 Å². The lowest BCUT2D eigenvalue weighted by Crippen LogP contribution is -2.42. The second-order valence-corrected chi connectivity index (χ2v) is 7.40. The van der Waals surface area contributed by atoms with Crippen molar-refractivity contribution in [2.24, 2.45) is 0 Å². The van der Waals surface area contributed by atoms with Crippen LogP contribution in [-0.4, -0.2) is 17.4 Å². The number of hydrogen-bond acceptors (Lipinski definition) is 3. The summed E-state index contributed by atoms with van der Waals surface area (Å²) < 4.78 is 42.0. The van der Waals surface area contributed by atoms with Crippen molar-refractivity contribution in [2.75, 3.05) is 0 Å². The van der Waals surface area contributed by atoms with Crippen LogP contribution in [0.15, 0.2) is 42.5 Å². The topological polar surface area (TPSA) is 70.6 Å². The number of alkyl halides is 3. The first-order valence-electron chi connectivity index (χ1n) is 7.97. The predicted octanol–water partition coefficient (Wildman–Crippen LogP) is 5.75. The highest BCUT2D eigenvalue weighted by atomic mass is 35.5.